The Hall–Kier alpha value is -0.0800. The third-order valence-corrected chi connectivity index (χ3v) is 0.512. The van der Waals surface area contributed by atoms with Gasteiger partial charge in [0.1, 0.15) is 6.54 Å². The molecule has 0 aliphatic heterocycles. The summed E-state index contributed by atoms with van der Waals surface area (Å²) in [6.45, 7) is 2.69. The zero-order valence-corrected chi connectivity index (χ0v) is 3.65. The zero-order chi connectivity index (χ0) is 4.28. The third kappa shape index (κ3) is 3.92. The second-order valence-electron chi connectivity index (χ2n) is 1.09. The van der Waals surface area contributed by atoms with Crippen LogP contribution in [0.15, 0.2) is 0 Å². The Kier molecular flexibility index (Phi) is 2.14. The first-order valence-electron chi connectivity index (χ1n) is 1.78. The van der Waals surface area contributed by atoms with Gasteiger partial charge in [-0.3, -0.25) is 0 Å². The summed E-state index contributed by atoms with van der Waals surface area (Å²) >= 11 is 0. The number of quaternary nitrogens is 1. The monoisotopic (exact) mass is 76.1 g/mol. The second kappa shape index (κ2) is 2.18. The van der Waals surface area contributed by atoms with Crippen molar-refractivity contribution in [2.24, 2.45) is 0 Å². The maximum absolute atomic E-state index is 8.28. The molecule has 1 unspecified atom stereocenters. The largest absolute Gasteiger partial charge is 0.219 e. The molecule has 1 atom stereocenters. The molecule has 32 valence electrons. The van der Waals surface area contributed by atoms with Crippen molar-refractivity contribution in [2.75, 3.05) is 13.6 Å². The molecule has 0 bridgehead atoms. The molecule has 5 heavy (non-hydrogen) atoms. The summed E-state index contributed by atoms with van der Waals surface area (Å²) in [5, 5.41) is 8.78. The van der Waals surface area contributed by atoms with Crippen LogP contribution in [0.25, 0.3) is 0 Å². The fourth-order valence-electron chi connectivity index (χ4n) is 0. The molecule has 0 rings (SSSR count). The Labute approximate surface area is 32.0 Å². The number of hydrogen-bond acceptors (Lipinski definition) is 1. The summed E-state index contributed by atoms with van der Waals surface area (Å²) in [6.07, 6.45) is 0. The smallest absolute Gasteiger partial charge is 0.104 e. The van der Waals surface area contributed by atoms with E-state index in [4.69, 9.17) is 5.21 Å². The van der Waals surface area contributed by atoms with Crippen LogP contribution in [-0.2, 0) is 0 Å². The molecule has 0 saturated heterocycles. The molecule has 0 amide bonds. The number of hydrogen-bond donors (Lipinski definition) is 2. The van der Waals surface area contributed by atoms with E-state index in [2.05, 4.69) is 0 Å². The summed E-state index contributed by atoms with van der Waals surface area (Å²) in [5.41, 5.74) is 0. The van der Waals surface area contributed by atoms with E-state index in [-0.39, 0.29) is 0 Å². The van der Waals surface area contributed by atoms with Crippen LogP contribution in [-0.4, -0.2) is 18.8 Å². The van der Waals surface area contributed by atoms with Crippen molar-refractivity contribution in [1.82, 2.24) is 0 Å². The molecular weight excluding hydrogens is 66.0 g/mol. The number of nitrogens with one attached hydrogen (secondary N) is 1. The van der Waals surface area contributed by atoms with Crippen LogP contribution in [0, 0.1) is 0 Å². The zero-order valence-electron chi connectivity index (χ0n) is 3.65. The van der Waals surface area contributed by atoms with Crippen LogP contribution in [0.2, 0.25) is 0 Å². The molecule has 0 aromatic rings. The van der Waals surface area contributed by atoms with Crippen molar-refractivity contribution < 1.29 is 10.3 Å². The average Bonchev–Trinajstić information content (AvgIpc) is 1.38. The van der Waals surface area contributed by atoms with E-state index >= 15 is 0 Å². The van der Waals surface area contributed by atoms with Crippen molar-refractivity contribution in [1.29, 1.82) is 0 Å². The minimum atomic E-state index is 0.505. The lowest BCUT2D eigenvalue weighted by Crippen LogP contribution is -3.06. The molecule has 0 heterocycles. The molecular formula is C3H10NO+. The molecule has 0 aromatic heterocycles. The van der Waals surface area contributed by atoms with E-state index in [0.29, 0.717) is 5.06 Å². The number of hydroxylamine groups is 2. The Morgan fingerprint density at radius 2 is 2.00 bits per heavy atom. The maximum atomic E-state index is 8.28. The summed E-state index contributed by atoms with van der Waals surface area (Å²) in [6, 6.07) is 0. The lowest BCUT2D eigenvalue weighted by Gasteiger charge is -1.93. The van der Waals surface area contributed by atoms with Gasteiger partial charge in [-0.25, -0.2) is 5.21 Å². The molecule has 2 nitrogen and oxygen atoms in total. The molecule has 0 aromatic carbocycles. The topological polar surface area (TPSA) is 24.7 Å². The number of rotatable bonds is 1. The molecule has 0 aliphatic rings. The van der Waals surface area contributed by atoms with Gasteiger partial charge in [-0.1, -0.05) is 0 Å². The highest BCUT2D eigenvalue weighted by atomic mass is 16.5. The molecule has 0 aliphatic carbocycles. The maximum Gasteiger partial charge on any atom is 0.104 e. The Morgan fingerprint density at radius 3 is 2.00 bits per heavy atom. The lowest BCUT2D eigenvalue weighted by atomic mass is 10.8. The minimum absolute atomic E-state index is 0.505. The van der Waals surface area contributed by atoms with Crippen LogP contribution in [0.3, 0.4) is 0 Å². The van der Waals surface area contributed by atoms with Gasteiger partial charge in [-0.15, -0.1) is 0 Å². The van der Waals surface area contributed by atoms with Gasteiger partial charge < -0.3 is 0 Å². The lowest BCUT2D eigenvalue weighted by molar-refractivity contribution is -1.07. The summed E-state index contributed by atoms with van der Waals surface area (Å²) < 4.78 is 0. The average molecular weight is 76.1 g/mol. The van der Waals surface area contributed by atoms with Crippen molar-refractivity contribution in [3.05, 3.63) is 0 Å². The predicted molar refractivity (Wildman–Crippen MR) is 19.2 cm³/mol. The van der Waals surface area contributed by atoms with Gasteiger partial charge in [0.25, 0.3) is 0 Å². The van der Waals surface area contributed by atoms with Crippen molar-refractivity contribution in [3.8, 4) is 0 Å². The van der Waals surface area contributed by atoms with E-state index in [1.807, 2.05) is 6.92 Å². The Bertz CT molecular complexity index is 20.9. The van der Waals surface area contributed by atoms with Gasteiger partial charge in [0.2, 0.25) is 0 Å². The van der Waals surface area contributed by atoms with Crippen molar-refractivity contribution >= 4 is 0 Å². The van der Waals surface area contributed by atoms with Gasteiger partial charge in [-0.2, -0.15) is 5.06 Å². The summed E-state index contributed by atoms with van der Waals surface area (Å²) in [7, 11) is 1.69. The highest BCUT2D eigenvalue weighted by molar-refractivity contribution is 3.87. The first-order valence-corrected chi connectivity index (χ1v) is 1.78. The quantitative estimate of drug-likeness (QED) is 0.381. The molecule has 0 radical (unpaired) electrons. The van der Waals surface area contributed by atoms with Gasteiger partial charge in [-0.05, 0) is 6.92 Å². The van der Waals surface area contributed by atoms with Gasteiger partial charge in [0.05, 0.1) is 7.05 Å². The van der Waals surface area contributed by atoms with E-state index in [0.717, 1.165) is 6.54 Å². The SMILES string of the molecule is CC[NH+](C)O. The van der Waals surface area contributed by atoms with Crippen LogP contribution in [0.5, 0.6) is 0 Å². The highest BCUT2D eigenvalue weighted by Gasteiger charge is 1.79. The predicted octanol–water partition coefficient (Wildman–Crippen LogP) is -1.09. The van der Waals surface area contributed by atoms with E-state index in [1.54, 1.807) is 7.05 Å². The molecule has 2 heteroatoms. The molecule has 0 saturated carbocycles. The third-order valence-electron chi connectivity index (χ3n) is 0.512. The molecule has 0 spiro atoms. The normalized spacial score (nSPS) is 15.0. The first kappa shape index (κ1) is 4.92. The standard InChI is InChI=1S/C3H9NO/c1-3-4(2)5/h5H,3H2,1-2H3/p+1. The Balaban J connectivity index is 2.54. The van der Waals surface area contributed by atoms with E-state index < -0.39 is 0 Å². The van der Waals surface area contributed by atoms with Crippen LogP contribution >= 0.6 is 0 Å². The van der Waals surface area contributed by atoms with E-state index in [9.17, 15) is 0 Å². The van der Waals surface area contributed by atoms with Gasteiger partial charge in [0.15, 0.2) is 0 Å². The van der Waals surface area contributed by atoms with E-state index in [1.165, 1.54) is 0 Å². The second-order valence-corrected chi connectivity index (χ2v) is 1.09. The van der Waals surface area contributed by atoms with Crippen LogP contribution in [0.1, 0.15) is 6.92 Å². The fourth-order valence-corrected chi connectivity index (χ4v) is 0. The highest BCUT2D eigenvalue weighted by Crippen LogP contribution is 1.25. The molecule has 2 N–H and O–H groups in total. The summed E-state index contributed by atoms with van der Waals surface area (Å²) in [4.78, 5) is 0. The van der Waals surface area contributed by atoms with Gasteiger partial charge >= 0.3 is 0 Å². The summed E-state index contributed by atoms with van der Waals surface area (Å²) in [5.74, 6) is 0. The van der Waals surface area contributed by atoms with Crippen molar-refractivity contribution in [3.63, 3.8) is 0 Å². The molecule has 0 fully saturated rings. The minimum Gasteiger partial charge on any atom is -0.219 e. The Morgan fingerprint density at radius 1 is 1.80 bits per heavy atom. The van der Waals surface area contributed by atoms with Crippen molar-refractivity contribution in [2.45, 2.75) is 6.92 Å². The first-order chi connectivity index (χ1) is 2.27. The van der Waals surface area contributed by atoms with Crippen LogP contribution < -0.4 is 5.06 Å². The van der Waals surface area contributed by atoms with Crippen LogP contribution in [0.4, 0.5) is 0 Å². The van der Waals surface area contributed by atoms with Gasteiger partial charge in [0, 0.05) is 0 Å². The fraction of sp³-hybridized carbons (Fsp3) is 1.00.